The van der Waals surface area contributed by atoms with E-state index in [4.69, 9.17) is 15.2 Å². The number of methoxy groups -OCH3 is 1. The van der Waals surface area contributed by atoms with Crippen molar-refractivity contribution in [3.8, 4) is 0 Å². The van der Waals surface area contributed by atoms with Crippen molar-refractivity contribution in [2.24, 2.45) is 0 Å². The minimum atomic E-state index is -0.208. The molecule has 0 aromatic carbocycles. The number of hydrogen-bond donors (Lipinski definition) is 1. The summed E-state index contributed by atoms with van der Waals surface area (Å²) in [6.07, 6.45) is 2.30. The van der Waals surface area contributed by atoms with Gasteiger partial charge in [-0.25, -0.2) is 4.68 Å². The Morgan fingerprint density at radius 2 is 2.25 bits per heavy atom. The maximum absolute atomic E-state index is 11.4. The van der Waals surface area contributed by atoms with Crippen molar-refractivity contribution >= 4 is 5.69 Å². The zero-order valence-corrected chi connectivity index (χ0v) is 9.39. The molecule has 6 heteroatoms. The fourth-order valence-corrected chi connectivity index (χ4v) is 1.17. The highest BCUT2D eigenvalue weighted by molar-refractivity contribution is 5.31. The van der Waals surface area contributed by atoms with Crippen molar-refractivity contribution < 1.29 is 9.47 Å². The van der Waals surface area contributed by atoms with E-state index in [0.717, 1.165) is 6.42 Å². The van der Waals surface area contributed by atoms with E-state index >= 15 is 0 Å². The van der Waals surface area contributed by atoms with Gasteiger partial charge in [-0.05, 0) is 6.42 Å². The van der Waals surface area contributed by atoms with Gasteiger partial charge in [0.15, 0.2) is 0 Å². The predicted octanol–water partition coefficient (Wildman–Crippen LogP) is -0.121. The summed E-state index contributed by atoms with van der Waals surface area (Å²) < 4.78 is 11.5. The van der Waals surface area contributed by atoms with Gasteiger partial charge in [-0.1, -0.05) is 0 Å². The molecular formula is C10H17N3O3. The second-order valence-corrected chi connectivity index (χ2v) is 3.31. The Bertz CT molecular complexity index is 365. The Morgan fingerprint density at radius 3 is 2.94 bits per heavy atom. The third-order valence-corrected chi connectivity index (χ3v) is 1.98. The number of aromatic nitrogens is 2. The normalized spacial score (nSPS) is 10.6. The van der Waals surface area contributed by atoms with Crippen molar-refractivity contribution in [1.82, 2.24) is 9.78 Å². The van der Waals surface area contributed by atoms with Crippen molar-refractivity contribution in [1.29, 1.82) is 0 Å². The molecule has 0 radical (unpaired) electrons. The van der Waals surface area contributed by atoms with Crippen LogP contribution in [0.1, 0.15) is 6.42 Å². The Hall–Kier alpha value is -1.40. The number of nitrogens with two attached hydrogens (primary N) is 1. The van der Waals surface area contributed by atoms with Gasteiger partial charge in [-0.2, -0.15) is 5.10 Å². The van der Waals surface area contributed by atoms with Gasteiger partial charge in [-0.15, -0.1) is 0 Å². The summed E-state index contributed by atoms with van der Waals surface area (Å²) in [4.78, 5) is 11.4. The van der Waals surface area contributed by atoms with Gasteiger partial charge in [0.25, 0.3) is 5.56 Å². The number of hydrogen-bond acceptors (Lipinski definition) is 5. The van der Waals surface area contributed by atoms with E-state index in [1.165, 1.54) is 16.9 Å². The van der Waals surface area contributed by atoms with Crippen molar-refractivity contribution in [3.05, 3.63) is 22.6 Å². The molecule has 6 nitrogen and oxygen atoms in total. The first-order valence-corrected chi connectivity index (χ1v) is 5.13. The van der Waals surface area contributed by atoms with E-state index in [1.807, 2.05) is 0 Å². The van der Waals surface area contributed by atoms with Gasteiger partial charge >= 0.3 is 0 Å². The van der Waals surface area contributed by atoms with Crippen molar-refractivity contribution in [2.75, 3.05) is 32.7 Å². The van der Waals surface area contributed by atoms with E-state index in [1.54, 1.807) is 7.11 Å². The maximum atomic E-state index is 11.4. The van der Waals surface area contributed by atoms with Crippen LogP contribution in [-0.4, -0.2) is 36.7 Å². The second-order valence-electron chi connectivity index (χ2n) is 3.31. The van der Waals surface area contributed by atoms with Crippen LogP contribution in [0.2, 0.25) is 0 Å². The number of nitrogens with zero attached hydrogens (tertiary/aromatic N) is 2. The van der Waals surface area contributed by atoms with Gasteiger partial charge in [0.1, 0.15) is 0 Å². The zero-order valence-electron chi connectivity index (χ0n) is 9.39. The molecule has 90 valence electrons. The minimum Gasteiger partial charge on any atom is -0.397 e. The first-order valence-electron chi connectivity index (χ1n) is 5.13. The largest absolute Gasteiger partial charge is 0.397 e. The number of anilines is 1. The Labute approximate surface area is 94.0 Å². The number of ether oxygens (including phenoxy) is 2. The topological polar surface area (TPSA) is 79.4 Å². The molecule has 1 heterocycles. The van der Waals surface area contributed by atoms with Gasteiger partial charge in [0, 0.05) is 26.4 Å². The summed E-state index contributed by atoms with van der Waals surface area (Å²) in [7, 11) is 1.65. The average molecular weight is 227 g/mol. The Kier molecular flexibility index (Phi) is 5.52. The lowest BCUT2D eigenvalue weighted by Crippen LogP contribution is -2.24. The molecule has 0 aliphatic heterocycles. The second kappa shape index (κ2) is 6.97. The summed E-state index contributed by atoms with van der Waals surface area (Å²) in [5.41, 5.74) is 5.59. The molecular weight excluding hydrogens is 210 g/mol. The van der Waals surface area contributed by atoms with Crippen LogP contribution in [0.5, 0.6) is 0 Å². The molecule has 0 unspecified atom stereocenters. The highest BCUT2D eigenvalue weighted by Gasteiger charge is 1.97. The molecule has 0 aliphatic rings. The van der Waals surface area contributed by atoms with Crippen LogP contribution in [0, 0.1) is 0 Å². The third-order valence-electron chi connectivity index (χ3n) is 1.98. The molecule has 0 bridgehead atoms. The SMILES string of the molecule is COCCCOCCn1ncc(N)cc1=O. The van der Waals surface area contributed by atoms with E-state index in [9.17, 15) is 4.79 Å². The Balaban J connectivity index is 2.24. The lowest BCUT2D eigenvalue weighted by molar-refractivity contribution is 0.0954. The third kappa shape index (κ3) is 4.41. The predicted molar refractivity (Wildman–Crippen MR) is 60.2 cm³/mol. The molecule has 1 rings (SSSR count). The van der Waals surface area contributed by atoms with Crippen LogP contribution in [0.4, 0.5) is 5.69 Å². The molecule has 0 saturated carbocycles. The van der Waals surface area contributed by atoms with E-state index < -0.39 is 0 Å². The summed E-state index contributed by atoms with van der Waals surface area (Å²) in [6, 6.07) is 1.35. The molecule has 0 saturated heterocycles. The minimum absolute atomic E-state index is 0.208. The van der Waals surface area contributed by atoms with Crippen LogP contribution in [0.3, 0.4) is 0 Å². The van der Waals surface area contributed by atoms with Crippen LogP contribution in [0.15, 0.2) is 17.1 Å². The number of rotatable bonds is 7. The van der Waals surface area contributed by atoms with E-state index in [-0.39, 0.29) is 5.56 Å². The molecule has 1 aromatic rings. The lowest BCUT2D eigenvalue weighted by Gasteiger charge is -2.05. The summed E-state index contributed by atoms with van der Waals surface area (Å²) in [5.74, 6) is 0. The summed E-state index contributed by atoms with van der Waals surface area (Å²) in [5, 5.41) is 3.89. The van der Waals surface area contributed by atoms with Gasteiger partial charge in [0.2, 0.25) is 0 Å². The quantitative estimate of drug-likeness (QED) is 0.657. The molecule has 1 aromatic heterocycles. The molecule has 0 fully saturated rings. The van der Waals surface area contributed by atoms with Gasteiger partial charge in [0.05, 0.1) is 25.0 Å². The Morgan fingerprint density at radius 1 is 1.44 bits per heavy atom. The lowest BCUT2D eigenvalue weighted by atomic mass is 10.5. The molecule has 0 spiro atoms. The maximum Gasteiger partial charge on any atom is 0.268 e. The van der Waals surface area contributed by atoms with Crippen molar-refractivity contribution in [3.63, 3.8) is 0 Å². The fraction of sp³-hybridized carbons (Fsp3) is 0.600. The highest BCUT2D eigenvalue weighted by atomic mass is 16.5. The molecule has 0 aliphatic carbocycles. The molecule has 2 N–H and O–H groups in total. The van der Waals surface area contributed by atoms with E-state index in [0.29, 0.717) is 32.1 Å². The van der Waals surface area contributed by atoms with E-state index in [2.05, 4.69) is 5.10 Å². The first-order chi connectivity index (χ1) is 7.74. The smallest absolute Gasteiger partial charge is 0.268 e. The van der Waals surface area contributed by atoms with Crippen molar-refractivity contribution in [2.45, 2.75) is 13.0 Å². The monoisotopic (exact) mass is 227 g/mol. The zero-order chi connectivity index (χ0) is 11.8. The first kappa shape index (κ1) is 12.7. The summed E-state index contributed by atoms with van der Waals surface area (Å²) in [6.45, 7) is 2.20. The molecule has 0 atom stereocenters. The van der Waals surface area contributed by atoms with Gasteiger partial charge in [-0.3, -0.25) is 4.79 Å². The molecule has 16 heavy (non-hydrogen) atoms. The summed E-state index contributed by atoms with van der Waals surface area (Å²) >= 11 is 0. The van der Waals surface area contributed by atoms with Crippen LogP contribution < -0.4 is 11.3 Å². The van der Waals surface area contributed by atoms with Gasteiger partial charge < -0.3 is 15.2 Å². The average Bonchev–Trinajstić information content (AvgIpc) is 2.26. The van der Waals surface area contributed by atoms with Crippen LogP contribution in [0.25, 0.3) is 0 Å². The standard InChI is InChI=1S/C10H17N3O3/c1-15-4-2-5-16-6-3-13-10(14)7-9(11)8-12-13/h7-8H,2-6,11H2,1H3. The fourth-order valence-electron chi connectivity index (χ4n) is 1.17. The van der Waals surface area contributed by atoms with Crippen LogP contribution in [-0.2, 0) is 16.0 Å². The van der Waals surface area contributed by atoms with Crippen LogP contribution >= 0.6 is 0 Å². The highest BCUT2D eigenvalue weighted by Crippen LogP contribution is 1.90. The number of nitrogen functional groups attached to an aromatic ring is 1. The molecule has 0 amide bonds.